The summed E-state index contributed by atoms with van der Waals surface area (Å²) in [5.41, 5.74) is 0.272. The van der Waals surface area contributed by atoms with Crippen LogP contribution in [0.4, 0.5) is 0 Å². The van der Waals surface area contributed by atoms with E-state index in [2.05, 4.69) is 6.92 Å². The van der Waals surface area contributed by atoms with Crippen molar-refractivity contribution in [2.75, 3.05) is 0 Å². The first-order valence-electron chi connectivity index (χ1n) is 7.39. The first-order valence-corrected chi connectivity index (χ1v) is 7.39. The summed E-state index contributed by atoms with van der Waals surface area (Å²) >= 11 is 0. The predicted octanol–water partition coefficient (Wildman–Crippen LogP) is 5.03. The average molecular weight is 276 g/mol. The lowest BCUT2D eigenvalue weighted by molar-refractivity contribution is 0.0697. The lowest BCUT2D eigenvalue weighted by Gasteiger charge is -2.01. The van der Waals surface area contributed by atoms with Crippen molar-refractivity contribution >= 4 is 5.97 Å². The maximum atomic E-state index is 10.7. The minimum absolute atomic E-state index is 0.272. The number of carboxylic acids is 1. The van der Waals surface area contributed by atoms with E-state index in [1.165, 1.54) is 38.5 Å². The van der Waals surface area contributed by atoms with Crippen LogP contribution in [0.3, 0.4) is 0 Å². The summed E-state index contributed by atoms with van der Waals surface area (Å²) in [7, 11) is 0. The third kappa shape index (κ3) is 6.98. The van der Waals surface area contributed by atoms with Gasteiger partial charge in [-0.2, -0.15) is 0 Å². The van der Waals surface area contributed by atoms with Crippen LogP contribution >= 0.6 is 0 Å². The van der Waals surface area contributed by atoms with E-state index in [0.29, 0.717) is 5.75 Å². The second kappa shape index (κ2) is 10.1. The summed E-state index contributed by atoms with van der Waals surface area (Å²) < 4.78 is 5.41. The highest BCUT2D eigenvalue weighted by Gasteiger charge is 2.00. The fourth-order valence-corrected chi connectivity index (χ4v) is 1.91. The minimum atomic E-state index is -0.921. The normalized spacial score (nSPS) is 10.8. The predicted molar refractivity (Wildman–Crippen MR) is 81.2 cm³/mol. The Morgan fingerprint density at radius 2 is 1.75 bits per heavy atom. The molecule has 0 bridgehead atoms. The lowest BCUT2D eigenvalue weighted by atomic mass is 10.1. The van der Waals surface area contributed by atoms with Crippen molar-refractivity contribution in [1.29, 1.82) is 0 Å². The van der Waals surface area contributed by atoms with Gasteiger partial charge in [-0.25, -0.2) is 4.79 Å². The van der Waals surface area contributed by atoms with E-state index in [1.807, 2.05) is 6.08 Å². The van der Waals surface area contributed by atoms with Crippen molar-refractivity contribution in [2.24, 2.45) is 0 Å². The number of hydrogen-bond donors (Lipinski definition) is 1. The number of carbonyl (C=O) groups is 1. The Balaban J connectivity index is 2.13. The molecular formula is C17H24O3. The van der Waals surface area contributed by atoms with Gasteiger partial charge >= 0.3 is 5.97 Å². The van der Waals surface area contributed by atoms with Crippen molar-refractivity contribution < 1.29 is 14.6 Å². The van der Waals surface area contributed by atoms with E-state index in [4.69, 9.17) is 9.84 Å². The molecule has 110 valence electrons. The second-order valence-electron chi connectivity index (χ2n) is 4.88. The molecule has 20 heavy (non-hydrogen) atoms. The van der Waals surface area contributed by atoms with Crippen molar-refractivity contribution in [2.45, 2.75) is 51.9 Å². The SMILES string of the molecule is CCCCCCCCC=COc1ccc(C(=O)O)cc1. The first kappa shape index (κ1) is 16.3. The topological polar surface area (TPSA) is 46.5 Å². The Labute approximate surface area is 121 Å². The Morgan fingerprint density at radius 3 is 2.40 bits per heavy atom. The van der Waals surface area contributed by atoms with Crippen LogP contribution in [0.1, 0.15) is 62.2 Å². The highest BCUT2D eigenvalue weighted by molar-refractivity contribution is 5.87. The zero-order chi connectivity index (χ0) is 14.6. The molecule has 1 aromatic rings. The number of unbranched alkanes of at least 4 members (excludes halogenated alkanes) is 6. The third-order valence-corrected chi connectivity index (χ3v) is 3.13. The van der Waals surface area contributed by atoms with Crippen LogP contribution in [-0.4, -0.2) is 11.1 Å². The first-order chi connectivity index (χ1) is 9.74. The standard InChI is InChI=1S/C17H24O3/c1-2-3-4-5-6-7-8-9-14-20-16-12-10-15(11-13-16)17(18)19/h9-14H,2-8H2,1H3,(H,18,19). The van der Waals surface area contributed by atoms with Crippen LogP contribution in [-0.2, 0) is 0 Å². The third-order valence-electron chi connectivity index (χ3n) is 3.13. The molecule has 0 amide bonds. The molecule has 3 nitrogen and oxygen atoms in total. The summed E-state index contributed by atoms with van der Waals surface area (Å²) in [4.78, 5) is 10.7. The molecule has 0 saturated carbocycles. The monoisotopic (exact) mass is 276 g/mol. The lowest BCUT2D eigenvalue weighted by Crippen LogP contribution is -1.95. The number of hydrogen-bond acceptors (Lipinski definition) is 2. The van der Waals surface area contributed by atoms with Gasteiger partial charge in [0.25, 0.3) is 0 Å². The van der Waals surface area contributed by atoms with Crippen molar-refractivity contribution in [3.05, 3.63) is 42.2 Å². The van der Waals surface area contributed by atoms with Crippen molar-refractivity contribution in [3.63, 3.8) is 0 Å². The molecule has 1 N–H and O–H groups in total. The van der Waals surface area contributed by atoms with Crippen molar-refractivity contribution in [1.82, 2.24) is 0 Å². The number of allylic oxidation sites excluding steroid dienone is 1. The van der Waals surface area contributed by atoms with Gasteiger partial charge in [-0.1, -0.05) is 39.0 Å². The van der Waals surface area contributed by atoms with Crippen LogP contribution in [0, 0.1) is 0 Å². The fourth-order valence-electron chi connectivity index (χ4n) is 1.91. The van der Waals surface area contributed by atoms with Crippen molar-refractivity contribution in [3.8, 4) is 5.75 Å². The number of carboxylic acid groups (broad SMARTS) is 1. The van der Waals surface area contributed by atoms with Gasteiger partial charge in [-0.3, -0.25) is 0 Å². The van der Waals surface area contributed by atoms with Crippen LogP contribution in [0.5, 0.6) is 5.75 Å². The Hall–Kier alpha value is -1.77. The number of benzene rings is 1. The van der Waals surface area contributed by atoms with E-state index in [9.17, 15) is 4.79 Å². The highest BCUT2D eigenvalue weighted by atomic mass is 16.5. The molecule has 0 aliphatic carbocycles. The smallest absolute Gasteiger partial charge is 0.335 e. The summed E-state index contributed by atoms with van der Waals surface area (Å²) in [5, 5.41) is 8.77. The molecule has 0 radical (unpaired) electrons. The maximum absolute atomic E-state index is 10.7. The van der Waals surface area contributed by atoms with Gasteiger partial charge in [0, 0.05) is 0 Å². The molecule has 1 rings (SSSR count). The summed E-state index contributed by atoms with van der Waals surface area (Å²) in [6.45, 7) is 2.23. The van der Waals surface area contributed by atoms with E-state index in [-0.39, 0.29) is 5.56 Å². The molecule has 1 aromatic carbocycles. The number of aromatic carboxylic acids is 1. The Kier molecular flexibility index (Phi) is 8.20. The molecule has 0 heterocycles. The van der Waals surface area contributed by atoms with Gasteiger partial charge in [0.05, 0.1) is 11.8 Å². The molecule has 0 aromatic heterocycles. The minimum Gasteiger partial charge on any atom is -0.478 e. The number of ether oxygens (including phenoxy) is 1. The van der Waals surface area contributed by atoms with E-state index >= 15 is 0 Å². The van der Waals surface area contributed by atoms with Gasteiger partial charge in [0.15, 0.2) is 0 Å². The molecular weight excluding hydrogens is 252 g/mol. The molecule has 0 aliphatic heterocycles. The van der Waals surface area contributed by atoms with Gasteiger partial charge < -0.3 is 9.84 Å². The van der Waals surface area contributed by atoms with Gasteiger partial charge in [0.1, 0.15) is 5.75 Å². The molecule has 3 heteroatoms. The number of rotatable bonds is 10. The van der Waals surface area contributed by atoms with Gasteiger partial charge in [-0.05, 0) is 43.2 Å². The maximum Gasteiger partial charge on any atom is 0.335 e. The summed E-state index contributed by atoms with van der Waals surface area (Å²) in [6.07, 6.45) is 12.5. The second-order valence-corrected chi connectivity index (χ2v) is 4.88. The van der Waals surface area contributed by atoms with Gasteiger partial charge in [0.2, 0.25) is 0 Å². The molecule has 0 fully saturated rings. The quantitative estimate of drug-likeness (QED) is 0.481. The van der Waals surface area contributed by atoms with Crippen LogP contribution in [0.25, 0.3) is 0 Å². The summed E-state index contributed by atoms with van der Waals surface area (Å²) in [5.74, 6) is -0.260. The Morgan fingerprint density at radius 1 is 1.10 bits per heavy atom. The van der Waals surface area contributed by atoms with Crippen LogP contribution in [0.15, 0.2) is 36.6 Å². The average Bonchev–Trinajstić information content (AvgIpc) is 2.46. The molecule has 0 spiro atoms. The van der Waals surface area contributed by atoms with Crippen LogP contribution in [0.2, 0.25) is 0 Å². The fraction of sp³-hybridized carbons (Fsp3) is 0.471. The van der Waals surface area contributed by atoms with E-state index in [0.717, 1.165) is 6.42 Å². The van der Waals surface area contributed by atoms with E-state index in [1.54, 1.807) is 30.5 Å². The zero-order valence-electron chi connectivity index (χ0n) is 12.2. The molecule has 0 aliphatic rings. The molecule has 0 saturated heterocycles. The molecule has 0 atom stereocenters. The largest absolute Gasteiger partial charge is 0.478 e. The Bertz CT molecular complexity index is 407. The summed E-state index contributed by atoms with van der Waals surface area (Å²) in [6, 6.07) is 6.41. The van der Waals surface area contributed by atoms with Gasteiger partial charge in [-0.15, -0.1) is 0 Å². The van der Waals surface area contributed by atoms with E-state index < -0.39 is 5.97 Å². The molecule has 0 unspecified atom stereocenters. The zero-order valence-corrected chi connectivity index (χ0v) is 12.2. The van der Waals surface area contributed by atoms with Crippen LogP contribution < -0.4 is 4.74 Å². The highest BCUT2D eigenvalue weighted by Crippen LogP contribution is 2.13.